The van der Waals surface area contributed by atoms with Crippen LogP contribution in [0.15, 0.2) is 40.4 Å². The lowest BCUT2D eigenvalue weighted by atomic mass is 9.78. The van der Waals surface area contributed by atoms with Crippen molar-refractivity contribution >= 4 is 23.5 Å². The third-order valence-corrected chi connectivity index (χ3v) is 4.75. The molecular weight excluding hydrogens is 270 g/mol. The molecule has 1 heterocycles. The van der Waals surface area contributed by atoms with E-state index >= 15 is 0 Å². The number of hydrogen-bond acceptors (Lipinski definition) is 3. The predicted octanol–water partition coefficient (Wildman–Crippen LogP) is 3.02. The molecule has 0 saturated carbocycles. The van der Waals surface area contributed by atoms with Gasteiger partial charge in [-0.25, -0.2) is 0 Å². The van der Waals surface area contributed by atoms with Gasteiger partial charge < -0.3 is 5.32 Å². The Bertz CT molecular complexity index is 589. The fraction of sp³-hybridized carbons (Fsp3) is 0.375. The Balaban J connectivity index is 2.01. The largest absolute Gasteiger partial charge is 0.329 e. The molecule has 3 rings (SSSR count). The van der Waals surface area contributed by atoms with E-state index in [4.69, 9.17) is 0 Å². The van der Waals surface area contributed by atoms with Crippen molar-refractivity contribution in [3.8, 4) is 0 Å². The lowest BCUT2D eigenvalue weighted by Crippen LogP contribution is -2.36. The van der Waals surface area contributed by atoms with Gasteiger partial charge in [-0.3, -0.25) is 9.59 Å². The highest BCUT2D eigenvalue weighted by atomic mass is 32.2. The average molecular weight is 287 g/mol. The lowest BCUT2D eigenvalue weighted by Gasteiger charge is -2.31. The number of Topliss-reactive ketones (excluding diaryl/α,β-unsaturated/α-hetero) is 1. The van der Waals surface area contributed by atoms with Crippen LogP contribution in [-0.4, -0.2) is 17.9 Å². The summed E-state index contributed by atoms with van der Waals surface area (Å²) in [5.41, 5.74) is 2.77. The van der Waals surface area contributed by atoms with Gasteiger partial charge in [0.1, 0.15) is 0 Å². The van der Waals surface area contributed by atoms with Crippen LogP contribution in [0, 0.1) is 0 Å². The van der Waals surface area contributed by atoms with E-state index in [1.54, 1.807) is 11.8 Å². The van der Waals surface area contributed by atoms with Crippen molar-refractivity contribution in [2.24, 2.45) is 0 Å². The molecule has 0 radical (unpaired) electrons. The first-order valence-corrected chi connectivity index (χ1v) is 8.11. The molecule has 0 aromatic heterocycles. The van der Waals surface area contributed by atoms with Gasteiger partial charge in [-0.05, 0) is 36.8 Å². The van der Waals surface area contributed by atoms with Crippen LogP contribution in [0.3, 0.4) is 0 Å². The van der Waals surface area contributed by atoms with Crippen LogP contribution in [0.25, 0.3) is 0 Å². The number of carbonyl (C=O) groups excluding carboxylic acids is 2. The zero-order valence-corrected chi connectivity index (χ0v) is 12.3. The van der Waals surface area contributed by atoms with E-state index in [2.05, 4.69) is 17.4 Å². The number of nitrogens with one attached hydrogen (secondary N) is 1. The van der Waals surface area contributed by atoms with Crippen molar-refractivity contribution < 1.29 is 9.59 Å². The van der Waals surface area contributed by atoms with Crippen molar-refractivity contribution in [1.29, 1.82) is 0 Å². The first-order chi connectivity index (χ1) is 9.69. The van der Waals surface area contributed by atoms with Crippen molar-refractivity contribution in [2.45, 2.75) is 36.5 Å². The first-order valence-electron chi connectivity index (χ1n) is 6.89. The van der Waals surface area contributed by atoms with Crippen molar-refractivity contribution in [3.05, 3.63) is 41.1 Å². The second-order valence-electron chi connectivity index (χ2n) is 5.25. The number of ketones is 1. The summed E-state index contributed by atoms with van der Waals surface area (Å²) in [5.74, 6) is 0.157. The highest BCUT2D eigenvalue weighted by molar-refractivity contribution is 7.98. The molecule has 2 aliphatic rings. The standard InChI is InChI=1S/C16H17NO2S/c1-20-11-7-5-10(6-8-11)12-9-15(19)17-13-3-2-4-14(18)16(12)13/h5-8,12H,2-4,9H2,1H3,(H,17,19)/t12-/m1/s1. The van der Waals surface area contributed by atoms with Gasteiger partial charge in [0.2, 0.25) is 5.91 Å². The number of benzene rings is 1. The molecule has 104 valence electrons. The third kappa shape index (κ3) is 2.40. The van der Waals surface area contributed by atoms with E-state index in [9.17, 15) is 9.59 Å². The molecule has 0 spiro atoms. The van der Waals surface area contributed by atoms with Crippen LogP contribution in [0.1, 0.15) is 37.2 Å². The third-order valence-electron chi connectivity index (χ3n) is 4.00. The van der Waals surface area contributed by atoms with Gasteiger partial charge in [0, 0.05) is 34.9 Å². The number of thioether (sulfide) groups is 1. The fourth-order valence-corrected chi connectivity index (χ4v) is 3.43. The van der Waals surface area contributed by atoms with Crippen LogP contribution < -0.4 is 5.32 Å². The number of amides is 1. The molecule has 1 amide bonds. The molecule has 1 aliphatic heterocycles. The smallest absolute Gasteiger partial charge is 0.225 e. The minimum atomic E-state index is -0.0672. The van der Waals surface area contributed by atoms with Gasteiger partial charge in [-0.1, -0.05) is 12.1 Å². The van der Waals surface area contributed by atoms with Crippen LogP contribution in [0.2, 0.25) is 0 Å². The Morgan fingerprint density at radius 1 is 1.15 bits per heavy atom. The van der Waals surface area contributed by atoms with Gasteiger partial charge >= 0.3 is 0 Å². The molecule has 1 atom stereocenters. The number of carbonyl (C=O) groups is 2. The predicted molar refractivity (Wildman–Crippen MR) is 79.6 cm³/mol. The summed E-state index contributed by atoms with van der Waals surface area (Å²) in [6, 6.07) is 8.20. The van der Waals surface area contributed by atoms with E-state index in [-0.39, 0.29) is 17.6 Å². The quantitative estimate of drug-likeness (QED) is 0.851. The molecule has 20 heavy (non-hydrogen) atoms. The van der Waals surface area contributed by atoms with Gasteiger partial charge in [0.15, 0.2) is 5.78 Å². The Kier molecular flexibility index (Phi) is 3.66. The van der Waals surface area contributed by atoms with Crippen LogP contribution >= 0.6 is 11.8 Å². The number of hydrogen-bond donors (Lipinski definition) is 1. The van der Waals surface area contributed by atoms with Gasteiger partial charge in [-0.15, -0.1) is 11.8 Å². The molecule has 1 aromatic rings. The fourth-order valence-electron chi connectivity index (χ4n) is 3.03. The molecule has 1 aromatic carbocycles. The molecule has 4 heteroatoms. The van der Waals surface area contributed by atoms with Crippen molar-refractivity contribution in [2.75, 3.05) is 6.26 Å². The molecule has 3 nitrogen and oxygen atoms in total. The van der Waals surface area contributed by atoms with Crippen LogP contribution in [0.4, 0.5) is 0 Å². The molecule has 1 N–H and O–H groups in total. The molecule has 0 bridgehead atoms. The van der Waals surface area contributed by atoms with E-state index in [0.717, 1.165) is 29.7 Å². The Morgan fingerprint density at radius 3 is 2.60 bits per heavy atom. The van der Waals surface area contributed by atoms with Crippen LogP contribution in [0.5, 0.6) is 0 Å². The second-order valence-corrected chi connectivity index (χ2v) is 6.13. The maximum Gasteiger partial charge on any atom is 0.225 e. The van der Waals surface area contributed by atoms with E-state index < -0.39 is 0 Å². The molecule has 0 fully saturated rings. The van der Waals surface area contributed by atoms with Crippen molar-refractivity contribution in [1.82, 2.24) is 5.32 Å². The van der Waals surface area contributed by atoms with E-state index in [1.165, 1.54) is 4.90 Å². The second kappa shape index (κ2) is 5.44. The Morgan fingerprint density at radius 2 is 1.90 bits per heavy atom. The minimum Gasteiger partial charge on any atom is -0.329 e. The number of rotatable bonds is 2. The summed E-state index contributed by atoms with van der Waals surface area (Å²) in [7, 11) is 0. The van der Waals surface area contributed by atoms with Gasteiger partial charge in [0.05, 0.1) is 0 Å². The van der Waals surface area contributed by atoms with Gasteiger partial charge in [0.25, 0.3) is 0 Å². The Hall–Kier alpha value is -1.55. The van der Waals surface area contributed by atoms with Crippen LogP contribution in [-0.2, 0) is 9.59 Å². The molecule has 1 aliphatic carbocycles. The van der Waals surface area contributed by atoms with Crippen molar-refractivity contribution in [3.63, 3.8) is 0 Å². The minimum absolute atomic E-state index is 0.0254. The maximum absolute atomic E-state index is 12.2. The monoisotopic (exact) mass is 287 g/mol. The summed E-state index contributed by atoms with van der Waals surface area (Å²) >= 11 is 1.69. The lowest BCUT2D eigenvalue weighted by molar-refractivity contribution is -0.122. The zero-order chi connectivity index (χ0) is 14.1. The first kappa shape index (κ1) is 13.4. The summed E-state index contributed by atoms with van der Waals surface area (Å²) in [4.78, 5) is 25.3. The maximum atomic E-state index is 12.2. The summed E-state index contributed by atoms with van der Waals surface area (Å²) in [5, 5.41) is 2.89. The molecule has 0 unspecified atom stereocenters. The van der Waals surface area contributed by atoms with E-state index in [1.807, 2.05) is 18.4 Å². The normalized spacial score (nSPS) is 22.6. The zero-order valence-electron chi connectivity index (χ0n) is 11.4. The van der Waals surface area contributed by atoms with E-state index in [0.29, 0.717) is 12.8 Å². The summed E-state index contributed by atoms with van der Waals surface area (Å²) < 4.78 is 0. The SMILES string of the molecule is CSc1ccc([C@H]2CC(=O)NC3=C2C(=O)CCC3)cc1. The topological polar surface area (TPSA) is 46.2 Å². The molecular formula is C16H17NO2S. The summed E-state index contributed by atoms with van der Waals surface area (Å²) in [6.45, 7) is 0. The van der Waals surface area contributed by atoms with Gasteiger partial charge in [-0.2, -0.15) is 0 Å². The average Bonchev–Trinajstić information content (AvgIpc) is 2.46. The highest BCUT2D eigenvalue weighted by Crippen LogP contribution is 2.38. The summed E-state index contributed by atoms with van der Waals surface area (Å²) in [6.07, 6.45) is 4.67. The highest BCUT2D eigenvalue weighted by Gasteiger charge is 2.34. The number of allylic oxidation sites excluding steroid dienone is 2. The Labute approximate surface area is 122 Å². The molecule has 0 saturated heterocycles.